The minimum Gasteiger partial charge on any atom is -0.307 e. The largest absolute Gasteiger partial charge is 0.307 e. The fourth-order valence-corrected chi connectivity index (χ4v) is 2.60. The molecule has 94 valence electrons. The molecule has 2 atom stereocenters. The van der Waals surface area contributed by atoms with Crippen molar-refractivity contribution in [3.05, 3.63) is 35.9 Å². The van der Waals surface area contributed by atoms with Crippen LogP contribution in [0.4, 0.5) is 0 Å². The van der Waals surface area contributed by atoms with Crippen molar-refractivity contribution in [3.63, 3.8) is 0 Å². The summed E-state index contributed by atoms with van der Waals surface area (Å²) >= 11 is 0. The Labute approximate surface area is 105 Å². The van der Waals surface area contributed by atoms with E-state index in [2.05, 4.69) is 54.5 Å². The van der Waals surface area contributed by atoms with Crippen molar-refractivity contribution in [1.29, 1.82) is 0 Å². The molecule has 0 amide bonds. The van der Waals surface area contributed by atoms with E-state index in [1.165, 1.54) is 37.9 Å². The molecule has 0 bridgehead atoms. The second kappa shape index (κ2) is 6.18. The van der Waals surface area contributed by atoms with Crippen LogP contribution < -0.4 is 5.32 Å². The highest BCUT2D eigenvalue weighted by Crippen LogP contribution is 2.16. The molecule has 1 saturated heterocycles. The quantitative estimate of drug-likeness (QED) is 0.862. The molecule has 0 saturated carbocycles. The SMILES string of the molecule is CC(NC1CCCN(C)CC1)c1ccccc1. The van der Waals surface area contributed by atoms with Crippen LogP contribution in [0, 0.1) is 0 Å². The zero-order valence-electron chi connectivity index (χ0n) is 11.0. The number of rotatable bonds is 3. The first-order valence-electron chi connectivity index (χ1n) is 6.75. The fourth-order valence-electron chi connectivity index (χ4n) is 2.60. The predicted octanol–water partition coefficient (Wildman–Crippen LogP) is 2.82. The van der Waals surface area contributed by atoms with Crippen LogP contribution >= 0.6 is 0 Å². The standard InChI is InChI=1S/C15H24N2/c1-13(14-7-4-3-5-8-14)16-15-9-6-11-17(2)12-10-15/h3-5,7-8,13,15-16H,6,9-12H2,1-2H3. The Morgan fingerprint density at radius 1 is 1.18 bits per heavy atom. The summed E-state index contributed by atoms with van der Waals surface area (Å²) < 4.78 is 0. The molecule has 2 nitrogen and oxygen atoms in total. The first-order chi connectivity index (χ1) is 8.25. The van der Waals surface area contributed by atoms with Crippen LogP contribution in [0.1, 0.15) is 37.8 Å². The molecule has 0 radical (unpaired) electrons. The van der Waals surface area contributed by atoms with E-state index < -0.39 is 0 Å². The lowest BCUT2D eigenvalue weighted by Gasteiger charge is -2.22. The van der Waals surface area contributed by atoms with Gasteiger partial charge in [0.1, 0.15) is 0 Å². The highest BCUT2D eigenvalue weighted by atomic mass is 15.1. The van der Waals surface area contributed by atoms with Gasteiger partial charge in [-0.15, -0.1) is 0 Å². The zero-order chi connectivity index (χ0) is 12.1. The predicted molar refractivity (Wildman–Crippen MR) is 73.1 cm³/mol. The van der Waals surface area contributed by atoms with E-state index in [4.69, 9.17) is 0 Å². The Bertz CT molecular complexity index is 323. The summed E-state index contributed by atoms with van der Waals surface area (Å²) in [4.78, 5) is 2.44. The van der Waals surface area contributed by atoms with Crippen LogP contribution in [0.2, 0.25) is 0 Å². The van der Waals surface area contributed by atoms with Crippen molar-refractivity contribution < 1.29 is 0 Å². The summed E-state index contributed by atoms with van der Waals surface area (Å²) in [6.07, 6.45) is 3.89. The monoisotopic (exact) mass is 232 g/mol. The van der Waals surface area contributed by atoms with E-state index in [1.807, 2.05) is 0 Å². The van der Waals surface area contributed by atoms with Gasteiger partial charge in [0, 0.05) is 12.1 Å². The van der Waals surface area contributed by atoms with Gasteiger partial charge in [-0.1, -0.05) is 30.3 Å². The van der Waals surface area contributed by atoms with Crippen molar-refractivity contribution in [2.45, 2.75) is 38.3 Å². The van der Waals surface area contributed by atoms with Crippen molar-refractivity contribution >= 4 is 0 Å². The van der Waals surface area contributed by atoms with Gasteiger partial charge in [0.2, 0.25) is 0 Å². The van der Waals surface area contributed by atoms with Crippen molar-refractivity contribution in [2.75, 3.05) is 20.1 Å². The van der Waals surface area contributed by atoms with Crippen LogP contribution in [-0.4, -0.2) is 31.1 Å². The summed E-state index contributed by atoms with van der Waals surface area (Å²) in [5, 5.41) is 3.77. The van der Waals surface area contributed by atoms with E-state index in [9.17, 15) is 0 Å². The van der Waals surface area contributed by atoms with Crippen LogP contribution in [-0.2, 0) is 0 Å². The maximum Gasteiger partial charge on any atom is 0.0294 e. The van der Waals surface area contributed by atoms with Gasteiger partial charge in [0.25, 0.3) is 0 Å². The van der Waals surface area contributed by atoms with Gasteiger partial charge in [-0.2, -0.15) is 0 Å². The summed E-state index contributed by atoms with van der Waals surface area (Å²) in [7, 11) is 2.23. The van der Waals surface area contributed by atoms with Crippen molar-refractivity contribution in [1.82, 2.24) is 10.2 Å². The molecular weight excluding hydrogens is 208 g/mol. The van der Waals surface area contributed by atoms with Crippen LogP contribution in [0.5, 0.6) is 0 Å². The lowest BCUT2D eigenvalue weighted by molar-refractivity contribution is 0.340. The number of nitrogens with one attached hydrogen (secondary N) is 1. The van der Waals surface area contributed by atoms with Gasteiger partial charge in [-0.3, -0.25) is 0 Å². The highest BCUT2D eigenvalue weighted by molar-refractivity contribution is 5.18. The van der Waals surface area contributed by atoms with Crippen molar-refractivity contribution in [3.8, 4) is 0 Å². The zero-order valence-corrected chi connectivity index (χ0v) is 11.0. The lowest BCUT2D eigenvalue weighted by Crippen LogP contribution is -2.32. The molecule has 1 heterocycles. The molecule has 0 aliphatic carbocycles. The van der Waals surface area contributed by atoms with Gasteiger partial charge >= 0.3 is 0 Å². The minimum atomic E-state index is 0.463. The maximum absolute atomic E-state index is 3.77. The van der Waals surface area contributed by atoms with E-state index in [0.29, 0.717) is 12.1 Å². The van der Waals surface area contributed by atoms with E-state index in [0.717, 1.165) is 0 Å². The normalized spacial score (nSPS) is 24.2. The molecule has 1 aromatic rings. The number of hydrogen-bond acceptors (Lipinski definition) is 2. The average molecular weight is 232 g/mol. The molecular formula is C15H24N2. The van der Waals surface area contributed by atoms with Crippen LogP contribution in [0.3, 0.4) is 0 Å². The van der Waals surface area contributed by atoms with Gasteiger partial charge in [-0.05, 0) is 51.9 Å². The van der Waals surface area contributed by atoms with Gasteiger partial charge < -0.3 is 10.2 Å². The third-order valence-electron chi connectivity index (χ3n) is 3.74. The van der Waals surface area contributed by atoms with E-state index >= 15 is 0 Å². The summed E-state index contributed by atoms with van der Waals surface area (Å²) in [5.74, 6) is 0. The fraction of sp³-hybridized carbons (Fsp3) is 0.600. The lowest BCUT2D eigenvalue weighted by atomic mass is 10.0. The molecule has 1 aromatic carbocycles. The topological polar surface area (TPSA) is 15.3 Å². The Kier molecular flexibility index (Phi) is 4.57. The van der Waals surface area contributed by atoms with E-state index in [-0.39, 0.29) is 0 Å². The Morgan fingerprint density at radius 3 is 2.71 bits per heavy atom. The molecule has 0 spiro atoms. The first-order valence-corrected chi connectivity index (χ1v) is 6.75. The van der Waals surface area contributed by atoms with Gasteiger partial charge in [0.15, 0.2) is 0 Å². The third kappa shape index (κ3) is 3.83. The summed E-state index contributed by atoms with van der Waals surface area (Å²) in [6.45, 7) is 4.74. The molecule has 1 aliphatic heterocycles. The first kappa shape index (κ1) is 12.6. The van der Waals surface area contributed by atoms with Gasteiger partial charge in [-0.25, -0.2) is 0 Å². The van der Waals surface area contributed by atoms with Crippen LogP contribution in [0.25, 0.3) is 0 Å². The van der Waals surface area contributed by atoms with Gasteiger partial charge in [0.05, 0.1) is 0 Å². The summed E-state index contributed by atoms with van der Waals surface area (Å²) in [5.41, 5.74) is 1.39. The number of hydrogen-bond donors (Lipinski definition) is 1. The van der Waals surface area contributed by atoms with E-state index in [1.54, 1.807) is 0 Å². The molecule has 0 aromatic heterocycles. The number of likely N-dealkylation sites (tertiary alicyclic amines) is 1. The molecule has 17 heavy (non-hydrogen) atoms. The molecule has 1 fully saturated rings. The number of nitrogens with zero attached hydrogens (tertiary/aromatic N) is 1. The second-order valence-electron chi connectivity index (χ2n) is 5.23. The maximum atomic E-state index is 3.77. The smallest absolute Gasteiger partial charge is 0.0294 e. The van der Waals surface area contributed by atoms with Crippen molar-refractivity contribution in [2.24, 2.45) is 0 Å². The molecule has 2 unspecified atom stereocenters. The highest BCUT2D eigenvalue weighted by Gasteiger charge is 2.16. The minimum absolute atomic E-state index is 0.463. The molecule has 1 N–H and O–H groups in total. The third-order valence-corrected chi connectivity index (χ3v) is 3.74. The Hall–Kier alpha value is -0.860. The molecule has 2 heteroatoms. The average Bonchev–Trinajstić information content (AvgIpc) is 2.56. The Balaban J connectivity index is 1.88. The Morgan fingerprint density at radius 2 is 1.94 bits per heavy atom. The second-order valence-corrected chi connectivity index (χ2v) is 5.23. The van der Waals surface area contributed by atoms with Crippen LogP contribution in [0.15, 0.2) is 30.3 Å². The molecule has 1 aliphatic rings. The summed E-state index contributed by atoms with van der Waals surface area (Å²) in [6, 6.07) is 11.9. The number of benzene rings is 1. The molecule has 2 rings (SSSR count).